The van der Waals surface area contributed by atoms with Crippen molar-refractivity contribution in [2.24, 2.45) is 0 Å². The molecule has 0 atom stereocenters. The van der Waals surface area contributed by atoms with Gasteiger partial charge in [-0.05, 0) is 30.8 Å². The molecule has 0 unspecified atom stereocenters. The third-order valence-corrected chi connectivity index (χ3v) is 7.35. The van der Waals surface area contributed by atoms with E-state index in [1.54, 1.807) is 0 Å². The number of thioether (sulfide) groups is 1. The quantitative estimate of drug-likeness (QED) is 0.135. The van der Waals surface area contributed by atoms with Crippen molar-refractivity contribution in [3.63, 3.8) is 0 Å². The minimum Gasteiger partial charge on any atom is -0.283 e. The van der Waals surface area contributed by atoms with Crippen molar-refractivity contribution in [2.75, 3.05) is 18.1 Å². The van der Waals surface area contributed by atoms with Crippen molar-refractivity contribution >= 4 is 23.6 Å². The van der Waals surface area contributed by atoms with Gasteiger partial charge in [0.15, 0.2) is 0 Å². The molecule has 0 aromatic heterocycles. The highest BCUT2D eigenvalue weighted by Gasteiger charge is 2.24. The normalized spacial score (nSPS) is 14.6. The third-order valence-electron chi connectivity index (χ3n) is 6.20. The molecule has 1 fully saturated rings. The zero-order valence-electron chi connectivity index (χ0n) is 19.9. The predicted molar refractivity (Wildman–Crippen MR) is 132 cm³/mol. The zero-order chi connectivity index (χ0) is 21.7. The number of nitrogens with zero attached hydrogens (tertiary/aromatic N) is 1. The smallest absolute Gasteiger partial charge is 0.229 e. The summed E-state index contributed by atoms with van der Waals surface area (Å²) >= 11 is 1.98. The Morgan fingerprint density at radius 3 is 1.47 bits per heavy atom. The molecule has 0 aromatic carbocycles. The topological polar surface area (TPSA) is 37.4 Å². The molecule has 4 heteroatoms. The van der Waals surface area contributed by atoms with Crippen LogP contribution in [-0.4, -0.2) is 34.8 Å². The maximum atomic E-state index is 11.7. The Morgan fingerprint density at radius 1 is 0.600 bits per heavy atom. The van der Waals surface area contributed by atoms with Crippen LogP contribution in [0.5, 0.6) is 0 Å². The van der Waals surface area contributed by atoms with Crippen LogP contribution in [0.1, 0.15) is 135 Å². The summed E-state index contributed by atoms with van der Waals surface area (Å²) in [5, 5.41) is 0. The van der Waals surface area contributed by atoms with Gasteiger partial charge in [0, 0.05) is 19.4 Å². The molecule has 1 heterocycles. The molecule has 1 rings (SSSR count). The molecule has 2 amide bonds. The summed E-state index contributed by atoms with van der Waals surface area (Å²) in [5.41, 5.74) is 0. The summed E-state index contributed by atoms with van der Waals surface area (Å²) in [6, 6.07) is 0. The summed E-state index contributed by atoms with van der Waals surface area (Å²) in [6.07, 6.45) is 25.5. The molecule has 0 N–H and O–H groups in total. The Balaban J connectivity index is 1.72. The molecule has 0 aromatic rings. The summed E-state index contributed by atoms with van der Waals surface area (Å²) in [7, 11) is 0. The Kier molecular flexibility index (Phi) is 18.7. The molecule has 0 bridgehead atoms. The average Bonchev–Trinajstić information content (AvgIpc) is 2.74. The molecular weight excluding hydrogens is 390 g/mol. The number of hydrogen-bond acceptors (Lipinski definition) is 3. The predicted octanol–water partition coefficient (Wildman–Crippen LogP) is 7.91. The second-order valence-electron chi connectivity index (χ2n) is 9.06. The maximum Gasteiger partial charge on any atom is 0.229 e. The van der Waals surface area contributed by atoms with E-state index in [4.69, 9.17) is 0 Å². The number of carbonyl (C=O) groups excluding carboxylic acids is 2. The van der Waals surface area contributed by atoms with Crippen LogP contribution >= 0.6 is 11.8 Å². The van der Waals surface area contributed by atoms with Gasteiger partial charge in [0.2, 0.25) is 11.8 Å². The number of unbranched alkanes of at least 4 members (excludes halogenated alkanes) is 15. The van der Waals surface area contributed by atoms with Crippen LogP contribution in [0.2, 0.25) is 0 Å². The SMILES string of the molecule is CCCCCCCCCCCCCCCCCCSCCCN1C(=O)CCCC1=O. The van der Waals surface area contributed by atoms with Crippen LogP contribution in [0.4, 0.5) is 0 Å². The highest BCUT2D eigenvalue weighted by Crippen LogP contribution is 2.16. The molecule has 0 aliphatic carbocycles. The van der Waals surface area contributed by atoms with Gasteiger partial charge < -0.3 is 0 Å². The molecule has 176 valence electrons. The highest BCUT2D eigenvalue weighted by atomic mass is 32.2. The van der Waals surface area contributed by atoms with E-state index in [9.17, 15) is 9.59 Å². The number of imide groups is 1. The van der Waals surface area contributed by atoms with Gasteiger partial charge in [0.25, 0.3) is 0 Å². The molecule has 0 saturated carbocycles. The first-order valence-corrected chi connectivity index (χ1v) is 14.3. The van der Waals surface area contributed by atoms with Gasteiger partial charge in [-0.3, -0.25) is 14.5 Å². The Bertz CT molecular complexity index is 411. The van der Waals surface area contributed by atoms with Crippen LogP contribution in [0.15, 0.2) is 0 Å². The van der Waals surface area contributed by atoms with E-state index in [-0.39, 0.29) is 11.8 Å². The van der Waals surface area contributed by atoms with Crippen molar-refractivity contribution in [3.8, 4) is 0 Å². The molecule has 0 spiro atoms. The third kappa shape index (κ3) is 15.3. The second kappa shape index (κ2) is 20.4. The molecule has 1 aliphatic rings. The van der Waals surface area contributed by atoms with Crippen molar-refractivity contribution in [3.05, 3.63) is 0 Å². The van der Waals surface area contributed by atoms with Gasteiger partial charge in [0.05, 0.1) is 0 Å². The fourth-order valence-corrected chi connectivity index (χ4v) is 5.17. The van der Waals surface area contributed by atoms with E-state index in [0.717, 1.165) is 18.6 Å². The lowest BCUT2D eigenvalue weighted by atomic mass is 10.0. The van der Waals surface area contributed by atoms with Gasteiger partial charge in [0.1, 0.15) is 0 Å². The number of amides is 2. The van der Waals surface area contributed by atoms with Crippen molar-refractivity contribution in [1.29, 1.82) is 0 Å². The van der Waals surface area contributed by atoms with Crippen LogP contribution in [0, 0.1) is 0 Å². The first-order valence-electron chi connectivity index (χ1n) is 13.2. The summed E-state index contributed by atoms with van der Waals surface area (Å²) < 4.78 is 0. The average molecular weight is 440 g/mol. The van der Waals surface area contributed by atoms with Crippen molar-refractivity contribution in [2.45, 2.75) is 135 Å². The van der Waals surface area contributed by atoms with Crippen LogP contribution in [0.3, 0.4) is 0 Å². The number of carbonyl (C=O) groups is 2. The molecule has 1 saturated heterocycles. The van der Waals surface area contributed by atoms with E-state index < -0.39 is 0 Å². The molecule has 1 aliphatic heterocycles. The van der Waals surface area contributed by atoms with Gasteiger partial charge >= 0.3 is 0 Å². The fraction of sp³-hybridized carbons (Fsp3) is 0.923. The Labute approximate surface area is 191 Å². The minimum absolute atomic E-state index is 0.0362. The lowest BCUT2D eigenvalue weighted by molar-refractivity contribution is -0.147. The van der Waals surface area contributed by atoms with Gasteiger partial charge in [-0.15, -0.1) is 0 Å². The lowest BCUT2D eigenvalue weighted by Crippen LogP contribution is -2.40. The molecule has 0 radical (unpaired) electrons. The van der Waals surface area contributed by atoms with Gasteiger partial charge in [-0.2, -0.15) is 11.8 Å². The zero-order valence-corrected chi connectivity index (χ0v) is 20.8. The van der Waals surface area contributed by atoms with E-state index in [1.807, 2.05) is 11.8 Å². The first kappa shape index (κ1) is 27.5. The van der Waals surface area contributed by atoms with E-state index >= 15 is 0 Å². The monoisotopic (exact) mass is 439 g/mol. The van der Waals surface area contributed by atoms with Gasteiger partial charge in [-0.1, -0.05) is 103 Å². The van der Waals surface area contributed by atoms with Crippen molar-refractivity contribution < 1.29 is 9.59 Å². The van der Waals surface area contributed by atoms with Gasteiger partial charge in [-0.25, -0.2) is 0 Å². The molecule has 3 nitrogen and oxygen atoms in total. The number of hydrogen-bond donors (Lipinski definition) is 0. The maximum absolute atomic E-state index is 11.7. The van der Waals surface area contributed by atoms with E-state index in [1.165, 1.54) is 113 Å². The molecule has 30 heavy (non-hydrogen) atoms. The number of piperidine rings is 1. The lowest BCUT2D eigenvalue weighted by Gasteiger charge is -2.24. The first-order chi connectivity index (χ1) is 14.8. The Morgan fingerprint density at radius 2 is 1.00 bits per heavy atom. The van der Waals surface area contributed by atoms with Crippen LogP contribution in [0.25, 0.3) is 0 Å². The summed E-state index contributed by atoms with van der Waals surface area (Å²) in [5.74, 6) is 2.36. The Hall–Kier alpha value is -0.510. The number of rotatable bonds is 21. The van der Waals surface area contributed by atoms with E-state index in [0.29, 0.717) is 19.4 Å². The molecular formula is C26H49NO2S. The number of likely N-dealkylation sites (tertiary alicyclic amines) is 1. The standard InChI is InChI=1S/C26H49NO2S/c1-2-3-4-5-6-7-8-9-10-11-12-13-14-15-16-17-23-30-24-19-22-27-25(28)20-18-21-26(27)29/h2-24H2,1H3. The van der Waals surface area contributed by atoms with E-state index in [2.05, 4.69) is 6.92 Å². The van der Waals surface area contributed by atoms with Crippen LogP contribution < -0.4 is 0 Å². The highest BCUT2D eigenvalue weighted by molar-refractivity contribution is 7.99. The fourth-order valence-electron chi connectivity index (χ4n) is 4.23. The summed E-state index contributed by atoms with van der Waals surface area (Å²) in [4.78, 5) is 25.0. The second-order valence-corrected chi connectivity index (χ2v) is 10.3. The summed E-state index contributed by atoms with van der Waals surface area (Å²) in [6.45, 7) is 2.92. The van der Waals surface area contributed by atoms with Crippen molar-refractivity contribution in [1.82, 2.24) is 4.90 Å². The minimum atomic E-state index is 0.0362. The largest absolute Gasteiger partial charge is 0.283 e. The van der Waals surface area contributed by atoms with Crippen LogP contribution in [-0.2, 0) is 9.59 Å².